The van der Waals surface area contributed by atoms with Crippen molar-refractivity contribution in [2.75, 3.05) is 13.2 Å². The molecule has 0 aromatic carbocycles. The van der Waals surface area contributed by atoms with Gasteiger partial charge in [-0.3, -0.25) is 14.4 Å². The van der Waals surface area contributed by atoms with E-state index in [0.29, 0.717) is 12.8 Å². The van der Waals surface area contributed by atoms with Gasteiger partial charge in [-0.2, -0.15) is 0 Å². The monoisotopic (exact) mass is 915 g/mol. The molecule has 0 bridgehead atoms. The first-order valence-corrected chi connectivity index (χ1v) is 27.0. The average molecular weight is 915 g/mol. The fourth-order valence-corrected chi connectivity index (χ4v) is 7.10. The molecular formula is C60H98O6. The SMILES string of the molecule is CC/C=C/C=C/C=C/C=C/CCCCCC(=O)OCC(COC(=O)CCCCCCCCCCC/C=C/C/C=C/C/C=C/CC)OC(=O)CCCCC/C=C/C=C/CCCCCCCCC. The van der Waals surface area contributed by atoms with Gasteiger partial charge < -0.3 is 14.2 Å². The van der Waals surface area contributed by atoms with Crippen LogP contribution in [0.15, 0.2) is 109 Å². The van der Waals surface area contributed by atoms with Crippen molar-refractivity contribution in [3.8, 4) is 0 Å². The number of hydrogen-bond donors (Lipinski definition) is 0. The number of esters is 3. The number of ether oxygens (including phenoxy) is 3. The van der Waals surface area contributed by atoms with E-state index in [0.717, 1.165) is 109 Å². The zero-order valence-corrected chi connectivity index (χ0v) is 42.7. The minimum absolute atomic E-state index is 0.106. The minimum Gasteiger partial charge on any atom is -0.462 e. The molecule has 0 radical (unpaired) electrons. The lowest BCUT2D eigenvalue weighted by Gasteiger charge is -2.18. The third-order valence-corrected chi connectivity index (χ3v) is 11.1. The quantitative estimate of drug-likeness (QED) is 0.0199. The molecule has 0 aliphatic rings. The van der Waals surface area contributed by atoms with Gasteiger partial charge in [-0.15, -0.1) is 0 Å². The molecule has 0 aliphatic carbocycles. The molecule has 0 aromatic rings. The number of rotatable bonds is 47. The van der Waals surface area contributed by atoms with Gasteiger partial charge in [0.2, 0.25) is 0 Å². The Morgan fingerprint density at radius 1 is 0.333 bits per heavy atom. The van der Waals surface area contributed by atoms with Crippen LogP contribution in [0.25, 0.3) is 0 Å². The molecule has 6 heteroatoms. The summed E-state index contributed by atoms with van der Waals surface area (Å²) in [5.41, 5.74) is 0. The van der Waals surface area contributed by atoms with Gasteiger partial charge in [-0.05, 0) is 96.3 Å². The topological polar surface area (TPSA) is 78.9 Å². The molecule has 0 aromatic heterocycles. The molecule has 0 heterocycles. The number of allylic oxidation sites excluding steroid dienone is 18. The normalized spacial score (nSPS) is 13.0. The largest absolute Gasteiger partial charge is 0.462 e. The maximum absolute atomic E-state index is 12.8. The van der Waals surface area contributed by atoms with Crippen LogP contribution in [0.3, 0.4) is 0 Å². The van der Waals surface area contributed by atoms with Crippen molar-refractivity contribution < 1.29 is 28.6 Å². The first kappa shape index (κ1) is 62.1. The molecule has 1 unspecified atom stereocenters. The van der Waals surface area contributed by atoms with E-state index in [9.17, 15) is 14.4 Å². The standard InChI is InChI=1S/C60H98O6/c1-4-7-10-13-16-19-22-25-27-29-30-31-33-35-38-41-44-47-50-53-59(62)65-56-57(55-64-58(61)52-49-46-43-40-37-34-24-21-18-15-12-9-6-3)66-60(63)54-51-48-45-42-39-36-32-28-26-23-20-17-14-11-8-5-2/h7,9-10,12,15-16,18-19,21,24-25,27-28,32,34,36-37,39,57H,4-6,8,11,13-14,17,20,22-23,26,29-31,33,35,38,40-56H2,1-3H3/b10-7+,12-9+,18-15+,19-16+,24-21+,27-25+,32-28+,37-34+,39-36+. The van der Waals surface area contributed by atoms with Crippen LogP contribution in [0.4, 0.5) is 0 Å². The molecule has 1 atom stereocenters. The summed E-state index contributed by atoms with van der Waals surface area (Å²) in [5.74, 6) is -0.981. The van der Waals surface area contributed by atoms with Gasteiger partial charge in [-0.25, -0.2) is 0 Å². The Kier molecular flexibility index (Phi) is 50.5. The molecule has 0 N–H and O–H groups in total. The van der Waals surface area contributed by atoms with Gasteiger partial charge in [0.25, 0.3) is 0 Å². The summed E-state index contributed by atoms with van der Waals surface area (Å²) >= 11 is 0. The van der Waals surface area contributed by atoms with Crippen molar-refractivity contribution in [2.45, 2.75) is 239 Å². The highest BCUT2D eigenvalue weighted by Gasteiger charge is 2.19. The number of hydrogen-bond acceptors (Lipinski definition) is 6. The van der Waals surface area contributed by atoms with Crippen LogP contribution in [0.1, 0.15) is 233 Å². The number of carbonyl (C=O) groups is 3. The maximum Gasteiger partial charge on any atom is 0.306 e. The van der Waals surface area contributed by atoms with Crippen LogP contribution in [-0.4, -0.2) is 37.2 Å². The van der Waals surface area contributed by atoms with E-state index in [1.165, 1.54) is 83.5 Å². The number of unbranched alkanes of at least 4 members (excludes halogenated alkanes) is 22. The van der Waals surface area contributed by atoms with Gasteiger partial charge in [0.15, 0.2) is 6.10 Å². The van der Waals surface area contributed by atoms with Gasteiger partial charge in [0.05, 0.1) is 0 Å². The van der Waals surface area contributed by atoms with Crippen LogP contribution < -0.4 is 0 Å². The predicted molar refractivity (Wildman–Crippen MR) is 283 cm³/mol. The minimum atomic E-state index is -0.812. The predicted octanol–water partition coefficient (Wildman–Crippen LogP) is 17.9. The van der Waals surface area contributed by atoms with Gasteiger partial charge >= 0.3 is 17.9 Å². The summed E-state index contributed by atoms with van der Waals surface area (Å²) in [6.45, 7) is 6.31. The summed E-state index contributed by atoms with van der Waals surface area (Å²) in [7, 11) is 0. The van der Waals surface area contributed by atoms with Crippen molar-refractivity contribution in [3.63, 3.8) is 0 Å². The van der Waals surface area contributed by atoms with Crippen LogP contribution >= 0.6 is 0 Å². The van der Waals surface area contributed by atoms with Crippen LogP contribution in [-0.2, 0) is 28.6 Å². The third-order valence-electron chi connectivity index (χ3n) is 11.1. The Labute approximate surface area is 406 Å². The van der Waals surface area contributed by atoms with E-state index in [-0.39, 0.29) is 37.5 Å². The lowest BCUT2D eigenvalue weighted by atomic mass is 10.1. The molecule has 0 saturated carbocycles. The second-order valence-electron chi connectivity index (χ2n) is 17.5. The fraction of sp³-hybridized carbons (Fsp3) is 0.650. The van der Waals surface area contributed by atoms with E-state index in [2.05, 4.69) is 93.7 Å². The molecule has 66 heavy (non-hydrogen) atoms. The second kappa shape index (κ2) is 53.7. The highest BCUT2D eigenvalue weighted by molar-refractivity contribution is 5.71. The summed E-state index contributed by atoms with van der Waals surface area (Å²) in [6.07, 6.45) is 72.2. The summed E-state index contributed by atoms with van der Waals surface area (Å²) in [6, 6.07) is 0. The number of carbonyl (C=O) groups excluding carboxylic acids is 3. The van der Waals surface area contributed by atoms with E-state index >= 15 is 0 Å². The third kappa shape index (κ3) is 51.1. The zero-order valence-electron chi connectivity index (χ0n) is 42.7. The molecular weight excluding hydrogens is 817 g/mol. The second-order valence-corrected chi connectivity index (χ2v) is 17.5. The highest BCUT2D eigenvalue weighted by atomic mass is 16.6. The van der Waals surface area contributed by atoms with Crippen molar-refractivity contribution in [2.24, 2.45) is 0 Å². The average Bonchev–Trinajstić information content (AvgIpc) is 3.31. The van der Waals surface area contributed by atoms with Gasteiger partial charge in [0, 0.05) is 19.3 Å². The Morgan fingerprint density at radius 3 is 1.14 bits per heavy atom. The highest BCUT2D eigenvalue weighted by Crippen LogP contribution is 2.14. The van der Waals surface area contributed by atoms with Gasteiger partial charge in [-0.1, -0.05) is 226 Å². The van der Waals surface area contributed by atoms with Crippen molar-refractivity contribution in [3.05, 3.63) is 109 Å². The van der Waals surface area contributed by atoms with E-state index in [1.54, 1.807) is 0 Å². The van der Waals surface area contributed by atoms with Gasteiger partial charge in [0.1, 0.15) is 13.2 Å². The first-order valence-electron chi connectivity index (χ1n) is 27.0. The zero-order chi connectivity index (χ0) is 47.9. The van der Waals surface area contributed by atoms with E-state index in [4.69, 9.17) is 14.2 Å². The Hall–Kier alpha value is -3.93. The smallest absolute Gasteiger partial charge is 0.306 e. The summed E-state index contributed by atoms with van der Waals surface area (Å²) in [5, 5.41) is 0. The van der Waals surface area contributed by atoms with Crippen molar-refractivity contribution >= 4 is 17.9 Å². The Balaban J connectivity index is 4.47. The maximum atomic E-state index is 12.8. The summed E-state index contributed by atoms with van der Waals surface area (Å²) < 4.78 is 16.8. The summed E-state index contributed by atoms with van der Waals surface area (Å²) in [4.78, 5) is 38.0. The molecule has 0 amide bonds. The lowest BCUT2D eigenvalue weighted by Crippen LogP contribution is -2.30. The molecule has 0 aliphatic heterocycles. The van der Waals surface area contributed by atoms with Crippen LogP contribution in [0.5, 0.6) is 0 Å². The van der Waals surface area contributed by atoms with E-state index < -0.39 is 6.10 Å². The Morgan fingerprint density at radius 2 is 0.667 bits per heavy atom. The van der Waals surface area contributed by atoms with Crippen molar-refractivity contribution in [1.29, 1.82) is 0 Å². The first-order chi connectivity index (χ1) is 32.5. The lowest BCUT2D eigenvalue weighted by molar-refractivity contribution is -0.167. The van der Waals surface area contributed by atoms with Crippen LogP contribution in [0.2, 0.25) is 0 Å². The van der Waals surface area contributed by atoms with Crippen LogP contribution in [0, 0.1) is 0 Å². The molecule has 0 rings (SSSR count). The molecule has 6 nitrogen and oxygen atoms in total. The molecule has 0 spiro atoms. The van der Waals surface area contributed by atoms with E-state index in [1.807, 2.05) is 36.5 Å². The molecule has 374 valence electrons. The fourth-order valence-electron chi connectivity index (χ4n) is 7.10. The Bertz CT molecular complexity index is 1370. The molecule has 0 saturated heterocycles. The molecule has 0 fully saturated rings. The van der Waals surface area contributed by atoms with Crippen molar-refractivity contribution in [1.82, 2.24) is 0 Å².